The van der Waals surface area contributed by atoms with Crippen LogP contribution in [-0.4, -0.2) is 19.1 Å². The third kappa shape index (κ3) is 3.25. The lowest BCUT2D eigenvalue weighted by molar-refractivity contribution is 0.0601. The maximum atomic E-state index is 13.4. The van der Waals surface area contributed by atoms with E-state index in [0.717, 1.165) is 6.42 Å². The smallest absolute Gasteiger partial charge is 0.339 e. The molecule has 1 fully saturated rings. The molecule has 2 unspecified atom stereocenters. The van der Waals surface area contributed by atoms with E-state index in [4.69, 9.17) is 4.74 Å². The average molecular weight is 265 g/mol. The maximum absolute atomic E-state index is 13.4. The Balaban J connectivity index is 2.22. The maximum Gasteiger partial charge on any atom is 0.339 e. The lowest BCUT2D eigenvalue weighted by atomic mass is 9.85. The fourth-order valence-electron chi connectivity index (χ4n) is 2.65. The van der Waals surface area contributed by atoms with Crippen molar-refractivity contribution in [1.82, 2.24) is 0 Å². The van der Waals surface area contributed by atoms with Gasteiger partial charge in [0.1, 0.15) is 5.82 Å². The molecule has 1 aromatic carbocycles. The normalized spacial score (nSPS) is 22.9. The highest BCUT2D eigenvalue weighted by atomic mass is 19.1. The lowest BCUT2D eigenvalue weighted by Crippen LogP contribution is -2.31. The van der Waals surface area contributed by atoms with Gasteiger partial charge in [-0.2, -0.15) is 0 Å². The second kappa shape index (κ2) is 6.04. The molecule has 0 aliphatic heterocycles. The summed E-state index contributed by atoms with van der Waals surface area (Å²) in [6.07, 6.45) is 4.63. The SMILES string of the molecule is COC(=O)c1ccc(F)cc1NC1CCCCC1C. The third-order valence-corrected chi connectivity index (χ3v) is 3.84. The van der Waals surface area contributed by atoms with Gasteiger partial charge in [-0.1, -0.05) is 19.8 Å². The minimum absolute atomic E-state index is 0.291. The number of benzene rings is 1. The molecule has 4 heteroatoms. The molecule has 0 spiro atoms. The Bertz CT molecular complexity index is 461. The van der Waals surface area contributed by atoms with Crippen LogP contribution < -0.4 is 5.32 Å². The Hall–Kier alpha value is -1.58. The van der Waals surface area contributed by atoms with E-state index in [1.54, 1.807) is 0 Å². The fourth-order valence-corrected chi connectivity index (χ4v) is 2.65. The van der Waals surface area contributed by atoms with Gasteiger partial charge in [-0.15, -0.1) is 0 Å². The molecule has 0 saturated heterocycles. The van der Waals surface area contributed by atoms with Gasteiger partial charge in [-0.25, -0.2) is 9.18 Å². The van der Waals surface area contributed by atoms with Crippen LogP contribution >= 0.6 is 0 Å². The van der Waals surface area contributed by atoms with Crippen molar-refractivity contribution in [3.05, 3.63) is 29.6 Å². The predicted octanol–water partition coefficient (Wildman–Crippen LogP) is 3.60. The topological polar surface area (TPSA) is 38.3 Å². The molecule has 2 rings (SSSR count). The lowest BCUT2D eigenvalue weighted by Gasteiger charge is -2.30. The molecule has 19 heavy (non-hydrogen) atoms. The Labute approximate surface area is 113 Å². The molecule has 1 aliphatic carbocycles. The van der Waals surface area contributed by atoms with Gasteiger partial charge in [0.05, 0.1) is 18.4 Å². The number of ether oxygens (including phenoxy) is 1. The second-order valence-corrected chi connectivity index (χ2v) is 5.19. The summed E-state index contributed by atoms with van der Waals surface area (Å²) in [6.45, 7) is 2.19. The van der Waals surface area contributed by atoms with E-state index in [2.05, 4.69) is 12.2 Å². The Morgan fingerprint density at radius 1 is 1.37 bits per heavy atom. The molecule has 0 bridgehead atoms. The first-order valence-corrected chi connectivity index (χ1v) is 6.76. The molecule has 3 nitrogen and oxygen atoms in total. The molecular formula is C15H20FNO2. The molecule has 104 valence electrons. The van der Waals surface area contributed by atoms with Gasteiger partial charge in [0, 0.05) is 6.04 Å². The number of halogens is 1. The van der Waals surface area contributed by atoms with Crippen LogP contribution in [-0.2, 0) is 4.74 Å². The van der Waals surface area contributed by atoms with Crippen molar-refractivity contribution in [2.75, 3.05) is 12.4 Å². The van der Waals surface area contributed by atoms with Gasteiger partial charge in [0.15, 0.2) is 0 Å². The summed E-state index contributed by atoms with van der Waals surface area (Å²) in [7, 11) is 1.33. The summed E-state index contributed by atoms with van der Waals surface area (Å²) in [5.41, 5.74) is 0.923. The van der Waals surface area contributed by atoms with Crippen molar-refractivity contribution in [2.45, 2.75) is 38.6 Å². The van der Waals surface area contributed by atoms with E-state index in [-0.39, 0.29) is 5.82 Å². The van der Waals surface area contributed by atoms with Crippen LogP contribution in [0.1, 0.15) is 43.0 Å². The summed E-state index contributed by atoms with van der Waals surface area (Å²) < 4.78 is 18.1. The number of hydrogen-bond donors (Lipinski definition) is 1. The van der Waals surface area contributed by atoms with E-state index in [1.165, 1.54) is 44.6 Å². The third-order valence-electron chi connectivity index (χ3n) is 3.84. The van der Waals surface area contributed by atoms with Crippen LogP contribution in [0.15, 0.2) is 18.2 Å². The van der Waals surface area contributed by atoms with Crippen molar-refractivity contribution in [1.29, 1.82) is 0 Å². The van der Waals surface area contributed by atoms with Crippen LogP contribution in [0.25, 0.3) is 0 Å². The van der Waals surface area contributed by atoms with Gasteiger partial charge in [0.25, 0.3) is 0 Å². The van der Waals surface area contributed by atoms with Crippen molar-refractivity contribution < 1.29 is 13.9 Å². The van der Waals surface area contributed by atoms with Crippen LogP contribution in [0, 0.1) is 11.7 Å². The number of hydrogen-bond acceptors (Lipinski definition) is 3. The first-order valence-electron chi connectivity index (χ1n) is 6.76. The van der Waals surface area contributed by atoms with E-state index in [1.807, 2.05) is 0 Å². The first kappa shape index (κ1) is 13.8. The van der Waals surface area contributed by atoms with Crippen LogP contribution in [0.4, 0.5) is 10.1 Å². The Morgan fingerprint density at radius 3 is 2.79 bits per heavy atom. The standard InChI is InChI=1S/C15H20FNO2/c1-10-5-3-4-6-13(10)17-14-9-11(16)7-8-12(14)15(18)19-2/h7-10,13,17H,3-6H2,1-2H3. The summed E-state index contributed by atoms with van der Waals surface area (Å²) in [5, 5.41) is 3.31. The number of anilines is 1. The van der Waals surface area contributed by atoms with Crippen molar-refractivity contribution in [3.63, 3.8) is 0 Å². The zero-order chi connectivity index (χ0) is 13.8. The molecule has 2 atom stereocenters. The summed E-state index contributed by atoms with van der Waals surface area (Å²) in [5.74, 6) is -0.257. The predicted molar refractivity (Wildman–Crippen MR) is 72.8 cm³/mol. The van der Waals surface area contributed by atoms with Gasteiger partial charge in [0.2, 0.25) is 0 Å². The second-order valence-electron chi connectivity index (χ2n) is 5.19. The minimum Gasteiger partial charge on any atom is -0.465 e. The molecule has 0 radical (unpaired) electrons. The molecular weight excluding hydrogens is 245 g/mol. The molecule has 1 saturated carbocycles. The highest BCUT2D eigenvalue weighted by Crippen LogP contribution is 2.28. The average Bonchev–Trinajstić information content (AvgIpc) is 2.41. The van der Waals surface area contributed by atoms with E-state index >= 15 is 0 Å². The quantitative estimate of drug-likeness (QED) is 0.849. The Morgan fingerprint density at radius 2 is 2.11 bits per heavy atom. The van der Waals surface area contributed by atoms with Crippen LogP contribution in [0.2, 0.25) is 0 Å². The van der Waals surface area contributed by atoms with E-state index < -0.39 is 5.97 Å². The van der Waals surface area contributed by atoms with Crippen LogP contribution in [0.5, 0.6) is 0 Å². The Kier molecular flexibility index (Phi) is 4.40. The summed E-state index contributed by atoms with van der Waals surface area (Å²) in [4.78, 5) is 11.7. The van der Waals surface area contributed by atoms with Crippen molar-refractivity contribution >= 4 is 11.7 Å². The van der Waals surface area contributed by atoms with Gasteiger partial charge in [-0.05, 0) is 37.0 Å². The van der Waals surface area contributed by atoms with Crippen LogP contribution in [0.3, 0.4) is 0 Å². The number of carbonyl (C=O) groups is 1. The first-order chi connectivity index (χ1) is 9.11. The fraction of sp³-hybridized carbons (Fsp3) is 0.533. The number of methoxy groups -OCH3 is 1. The number of carbonyl (C=O) groups excluding carboxylic acids is 1. The summed E-state index contributed by atoms with van der Waals surface area (Å²) in [6, 6.07) is 4.41. The highest BCUT2D eigenvalue weighted by molar-refractivity contribution is 5.95. The highest BCUT2D eigenvalue weighted by Gasteiger charge is 2.23. The number of nitrogens with one attached hydrogen (secondary N) is 1. The summed E-state index contributed by atoms with van der Waals surface area (Å²) >= 11 is 0. The number of esters is 1. The molecule has 0 aromatic heterocycles. The molecule has 1 aromatic rings. The van der Waals surface area contributed by atoms with E-state index in [0.29, 0.717) is 23.2 Å². The van der Waals surface area contributed by atoms with Crippen molar-refractivity contribution in [3.8, 4) is 0 Å². The zero-order valence-electron chi connectivity index (χ0n) is 11.4. The minimum atomic E-state index is -0.439. The largest absolute Gasteiger partial charge is 0.465 e. The monoisotopic (exact) mass is 265 g/mol. The molecule has 0 heterocycles. The molecule has 1 aliphatic rings. The van der Waals surface area contributed by atoms with E-state index in [9.17, 15) is 9.18 Å². The van der Waals surface area contributed by atoms with Crippen molar-refractivity contribution in [2.24, 2.45) is 5.92 Å². The molecule has 1 N–H and O–H groups in total. The van der Waals surface area contributed by atoms with Gasteiger partial charge >= 0.3 is 5.97 Å². The molecule has 0 amide bonds. The van der Waals surface area contributed by atoms with Gasteiger partial charge < -0.3 is 10.1 Å². The zero-order valence-corrected chi connectivity index (χ0v) is 11.4. The van der Waals surface area contributed by atoms with Gasteiger partial charge in [-0.3, -0.25) is 0 Å². The number of rotatable bonds is 3.